The van der Waals surface area contributed by atoms with Crippen LogP contribution in [0, 0.1) is 0 Å². The first kappa shape index (κ1) is 20.1. The molecule has 0 saturated carbocycles. The summed E-state index contributed by atoms with van der Waals surface area (Å²) in [6.45, 7) is 2.68. The number of hydrogen-bond acceptors (Lipinski definition) is 4. The van der Waals surface area contributed by atoms with Crippen molar-refractivity contribution in [1.82, 2.24) is 5.32 Å². The molecule has 1 aliphatic rings. The third-order valence-corrected chi connectivity index (χ3v) is 5.97. The van der Waals surface area contributed by atoms with E-state index in [1.54, 1.807) is 11.3 Å². The van der Waals surface area contributed by atoms with Gasteiger partial charge in [0.15, 0.2) is 0 Å². The molecule has 1 amide bonds. The molecule has 1 aliphatic heterocycles. The van der Waals surface area contributed by atoms with E-state index in [0.29, 0.717) is 13.0 Å². The molecule has 2 aromatic rings. The molecule has 3 rings (SSSR count). The Morgan fingerprint density at radius 1 is 1.22 bits per heavy atom. The van der Waals surface area contributed by atoms with E-state index in [2.05, 4.69) is 35.8 Å². The van der Waals surface area contributed by atoms with Crippen LogP contribution in [0.2, 0.25) is 0 Å². The number of nitrogens with one attached hydrogen (secondary N) is 1. The van der Waals surface area contributed by atoms with Gasteiger partial charge in [-0.2, -0.15) is 0 Å². The summed E-state index contributed by atoms with van der Waals surface area (Å²) in [5.74, 6) is 0.109. The Morgan fingerprint density at radius 2 is 2.00 bits per heavy atom. The predicted molar refractivity (Wildman–Crippen MR) is 109 cm³/mol. The van der Waals surface area contributed by atoms with E-state index >= 15 is 0 Å². The Kier molecular flexibility index (Phi) is 7.44. The molecule has 2 unspecified atom stereocenters. The number of thiophene rings is 1. The molecule has 27 heavy (non-hydrogen) atoms. The molecule has 1 saturated heterocycles. The van der Waals surface area contributed by atoms with Crippen LogP contribution >= 0.6 is 11.3 Å². The van der Waals surface area contributed by atoms with Gasteiger partial charge in [0.2, 0.25) is 5.91 Å². The van der Waals surface area contributed by atoms with Gasteiger partial charge in [-0.3, -0.25) is 4.79 Å². The quantitative estimate of drug-likeness (QED) is 0.579. The van der Waals surface area contributed by atoms with Crippen molar-refractivity contribution >= 4 is 17.2 Å². The average molecular weight is 388 g/mol. The lowest BCUT2D eigenvalue weighted by molar-refractivity contribution is -0.119. The average Bonchev–Trinajstić information content (AvgIpc) is 3.35. The van der Waals surface area contributed by atoms with Crippen LogP contribution in [0.25, 0.3) is 0 Å². The third-order valence-electron chi connectivity index (χ3n) is 5.06. The molecule has 1 aromatic heterocycles. The molecule has 146 valence electrons. The van der Waals surface area contributed by atoms with E-state index in [1.165, 1.54) is 0 Å². The van der Waals surface area contributed by atoms with Crippen LogP contribution < -0.4 is 5.32 Å². The van der Waals surface area contributed by atoms with Crippen molar-refractivity contribution in [2.75, 3.05) is 6.61 Å². The molecule has 4 nitrogen and oxygen atoms in total. The zero-order valence-electron chi connectivity index (χ0n) is 15.9. The normalized spacial score (nSPS) is 19.0. The number of rotatable bonds is 10. The summed E-state index contributed by atoms with van der Waals surface area (Å²) >= 11 is 1.67. The van der Waals surface area contributed by atoms with Crippen LogP contribution in [0.3, 0.4) is 0 Å². The number of carbonyl (C=O) groups excluding carboxylic acids is 1. The smallest absolute Gasteiger partial charge is 0.220 e. The number of aliphatic hydroxyl groups is 1. The Labute approximate surface area is 165 Å². The minimum atomic E-state index is -0.402. The lowest BCUT2D eigenvalue weighted by Gasteiger charge is -2.20. The van der Waals surface area contributed by atoms with E-state index in [4.69, 9.17) is 4.74 Å². The number of hydrogen-bond donors (Lipinski definition) is 2. The van der Waals surface area contributed by atoms with E-state index in [1.807, 2.05) is 18.2 Å². The summed E-state index contributed by atoms with van der Waals surface area (Å²) in [6.07, 6.45) is 5.04. The van der Waals surface area contributed by atoms with Gasteiger partial charge in [-0.05, 0) is 35.4 Å². The first-order chi connectivity index (χ1) is 13.2. The van der Waals surface area contributed by atoms with Crippen LogP contribution in [-0.2, 0) is 9.53 Å². The molecule has 2 N–H and O–H groups in total. The van der Waals surface area contributed by atoms with Crippen LogP contribution in [0.1, 0.15) is 73.7 Å². The topological polar surface area (TPSA) is 58.6 Å². The molecule has 3 atom stereocenters. The highest BCUT2D eigenvalue weighted by molar-refractivity contribution is 7.10. The highest BCUT2D eigenvalue weighted by atomic mass is 32.1. The Hall–Kier alpha value is -1.69. The second kappa shape index (κ2) is 10.0. The molecular formula is C22H29NO3S. The largest absolute Gasteiger partial charge is 0.388 e. The molecule has 2 heterocycles. The highest BCUT2D eigenvalue weighted by Crippen LogP contribution is 2.31. The zero-order chi connectivity index (χ0) is 19.1. The first-order valence-electron chi connectivity index (χ1n) is 9.89. The van der Waals surface area contributed by atoms with Gasteiger partial charge in [-0.15, -0.1) is 11.3 Å². The highest BCUT2D eigenvalue weighted by Gasteiger charge is 2.24. The van der Waals surface area contributed by atoms with Crippen LogP contribution in [0.4, 0.5) is 0 Å². The van der Waals surface area contributed by atoms with Gasteiger partial charge in [0.1, 0.15) is 6.10 Å². The number of unbranched alkanes of at least 4 members (excludes halogenated alkanes) is 2. The summed E-state index contributed by atoms with van der Waals surface area (Å²) in [5.41, 5.74) is 2.04. The summed E-state index contributed by atoms with van der Waals surface area (Å²) in [5, 5.41) is 15.4. The van der Waals surface area contributed by atoms with Crippen molar-refractivity contribution in [3.63, 3.8) is 0 Å². The van der Waals surface area contributed by atoms with Crippen molar-refractivity contribution in [3.8, 4) is 0 Å². The van der Waals surface area contributed by atoms with Crippen molar-refractivity contribution in [3.05, 3.63) is 57.8 Å². The molecule has 1 fully saturated rings. The van der Waals surface area contributed by atoms with Crippen LogP contribution in [0.5, 0.6) is 0 Å². The number of ether oxygens (including phenoxy) is 1. The minimum absolute atomic E-state index is 0.0969. The number of amides is 1. The lowest BCUT2D eigenvalue weighted by atomic mass is 10.00. The second-order valence-corrected chi connectivity index (χ2v) is 8.19. The van der Waals surface area contributed by atoms with Gasteiger partial charge in [0, 0.05) is 11.3 Å². The SMILES string of the molecule is CCCCCC(O)c1ccc([C@@H](OCC2CCC(=O)N2)c2cccs2)cc1. The fraction of sp³-hybridized carbons (Fsp3) is 0.500. The van der Waals surface area contributed by atoms with Crippen LogP contribution in [0.15, 0.2) is 41.8 Å². The maximum absolute atomic E-state index is 11.4. The monoisotopic (exact) mass is 387 g/mol. The van der Waals surface area contributed by atoms with Crippen LogP contribution in [-0.4, -0.2) is 23.7 Å². The van der Waals surface area contributed by atoms with E-state index in [-0.39, 0.29) is 18.1 Å². The van der Waals surface area contributed by atoms with Crippen molar-refractivity contribution in [1.29, 1.82) is 0 Å². The molecule has 0 radical (unpaired) electrons. The Bertz CT molecular complexity index is 699. The summed E-state index contributed by atoms with van der Waals surface area (Å²) in [6, 6.07) is 12.3. The molecule has 5 heteroatoms. The molecule has 0 aliphatic carbocycles. The summed E-state index contributed by atoms with van der Waals surface area (Å²) < 4.78 is 6.22. The molecule has 0 bridgehead atoms. The van der Waals surface area contributed by atoms with E-state index < -0.39 is 6.10 Å². The second-order valence-electron chi connectivity index (χ2n) is 7.21. The van der Waals surface area contributed by atoms with Crippen molar-refractivity contribution < 1.29 is 14.6 Å². The molecular weight excluding hydrogens is 358 g/mol. The lowest BCUT2D eigenvalue weighted by Crippen LogP contribution is -2.30. The van der Waals surface area contributed by atoms with E-state index in [0.717, 1.165) is 48.1 Å². The van der Waals surface area contributed by atoms with Gasteiger partial charge < -0.3 is 15.2 Å². The van der Waals surface area contributed by atoms with Crippen molar-refractivity contribution in [2.24, 2.45) is 0 Å². The van der Waals surface area contributed by atoms with Gasteiger partial charge in [0.25, 0.3) is 0 Å². The fourth-order valence-corrected chi connectivity index (χ4v) is 4.24. The standard InChI is InChI=1S/C22H29NO3S/c1-2-3-4-6-19(24)16-8-10-17(11-9-16)22(20-7-5-14-27-20)26-15-18-12-13-21(25)23-18/h5,7-11,14,18-19,22,24H,2-4,6,12-13,15H2,1H3,(H,23,25)/t18?,19?,22-/m1/s1. The predicted octanol–water partition coefficient (Wildman–Crippen LogP) is 4.75. The summed E-state index contributed by atoms with van der Waals surface area (Å²) in [4.78, 5) is 12.6. The Balaban J connectivity index is 1.66. The maximum atomic E-state index is 11.4. The molecule has 0 spiro atoms. The molecule has 1 aromatic carbocycles. The Morgan fingerprint density at radius 3 is 2.63 bits per heavy atom. The zero-order valence-corrected chi connectivity index (χ0v) is 16.7. The summed E-state index contributed by atoms with van der Waals surface area (Å²) in [7, 11) is 0. The van der Waals surface area contributed by atoms with Gasteiger partial charge in [-0.25, -0.2) is 0 Å². The number of benzene rings is 1. The first-order valence-corrected chi connectivity index (χ1v) is 10.8. The maximum Gasteiger partial charge on any atom is 0.220 e. The number of carbonyl (C=O) groups is 1. The minimum Gasteiger partial charge on any atom is -0.388 e. The van der Waals surface area contributed by atoms with Crippen molar-refractivity contribution in [2.45, 2.75) is 63.7 Å². The fourth-order valence-electron chi connectivity index (χ4n) is 3.45. The van der Waals surface area contributed by atoms with Gasteiger partial charge >= 0.3 is 0 Å². The third kappa shape index (κ3) is 5.64. The van der Waals surface area contributed by atoms with E-state index in [9.17, 15) is 9.90 Å². The number of aliphatic hydroxyl groups excluding tert-OH is 1. The van der Waals surface area contributed by atoms with Gasteiger partial charge in [0.05, 0.1) is 18.8 Å². The van der Waals surface area contributed by atoms with Gasteiger partial charge in [-0.1, -0.05) is 56.5 Å².